The molecule has 2 rings (SSSR count). The third kappa shape index (κ3) is 6.40. The standard InChI is InChI=1S/C21H25FN2O3/c1-15(2)27-19-10-8-18(9-11-19)24(16(3)25)13-12-23-21(26)14-17-6-4-5-7-20(17)22/h4-11,15H,12-14H2,1-3H3,(H,23,26). The summed E-state index contributed by atoms with van der Waals surface area (Å²) in [6.45, 7) is 5.96. The van der Waals surface area contributed by atoms with Crippen LogP contribution in [-0.4, -0.2) is 31.0 Å². The van der Waals surface area contributed by atoms with Crippen LogP contribution in [0, 0.1) is 5.82 Å². The van der Waals surface area contributed by atoms with Gasteiger partial charge in [-0.3, -0.25) is 9.59 Å². The number of hydrogen-bond donors (Lipinski definition) is 1. The van der Waals surface area contributed by atoms with E-state index in [9.17, 15) is 14.0 Å². The third-order valence-electron chi connectivity index (χ3n) is 3.87. The molecule has 2 aromatic carbocycles. The topological polar surface area (TPSA) is 58.6 Å². The lowest BCUT2D eigenvalue weighted by molar-refractivity contribution is -0.121. The second-order valence-corrected chi connectivity index (χ2v) is 6.45. The fourth-order valence-electron chi connectivity index (χ4n) is 2.63. The molecule has 0 atom stereocenters. The Morgan fingerprint density at radius 2 is 1.78 bits per heavy atom. The monoisotopic (exact) mass is 372 g/mol. The maximum Gasteiger partial charge on any atom is 0.224 e. The molecule has 5 nitrogen and oxygen atoms in total. The summed E-state index contributed by atoms with van der Waals surface area (Å²) in [7, 11) is 0. The summed E-state index contributed by atoms with van der Waals surface area (Å²) in [5.74, 6) is -0.0858. The highest BCUT2D eigenvalue weighted by atomic mass is 19.1. The van der Waals surface area contributed by atoms with E-state index in [1.165, 1.54) is 13.0 Å². The number of ether oxygens (including phenoxy) is 1. The van der Waals surface area contributed by atoms with Crippen LogP contribution in [0.2, 0.25) is 0 Å². The highest BCUT2D eigenvalue weighted by Crippen LogP contribution is 2.20. The Balaban J connectivity index is 1.90. The van der Waals surface area contributed by atoms with Gasteiger partial charge in [0.05, 0.1) is 12.5 Å². The third-order valence-corrected chi connectivity index (χ3v) is 3.87. The summed E-state index contributed by atoms with van der Waals surface area (Å²) in [5.41, 5.74) is 1.07. The summed E-state index contributed by atoms with van der Waals surface area (Å²) >= 11 is 0. The minimum absolute atomic E-state index is 0.0337. The normalized spacial score (nSPS) is 10.6. The van der Waals surface area contributed by atoms with Crippen LogP contribution in [0.3, 0.4) is 0 Å². The number of carbonyl (C=O) groups is 2. The molecule has 0 radical (unpaired) electrons. The van der Waals surface area contributed by atoms with Crippen molar-refractivity contribution in [2.45, 2.75) is 33.3 Å². The van der Waals surface area contributed by atoms with E-state index >= 15 is 0 Å². The molecule has 0 aliphatic rings. The molecule has 6 heteroatoms. The van der Waals surface area contributed by atoms with Gasteiger partial charge in [-0.15, -0.1) is 0 Å². The number of halogens is 1. The van der Waals surface area contributed by atoms with Crippen LogP contribution in [0.15, 0.2) is 48.5 Å². The highest BCUT2D eigenvalue weighted by Gasteiger charge is 2.13. The summed E-state index contributed by atoms with van der Waals surface area (Å²) in [4.78, 5) is 25.5. The average molecular weight is 372 g/mol. The van der Waals surface area contributed by atoms with Crippen LogP contribution in [0.1, 0.15) is 26.3 Å². The Bertz CT molecular complexity index is 775. The van der Waals surface area contributed by atoms with Gasteiger partial charge in [0.25, 0.3) is 0 Å². The van der Waals surface area contributed by atoms with Crippen molar-refractivity contribution in [3.63, 3.8) is 0 Å². The average Bonchev–Trinajstić information content (AvgIpc) is 2.61. The van der Waals surface area contributed by atoms with Gasteiger partial charge in [-0.25, -0.2) is 4.39 Å². The number of rotatable bonds is 8. The lowest BCUT2D eigenvalue weighted by Crippen LogP contribution is -2.38. The summed E-state index contributed by atoms with van der Waals surface area (Å²) in [6, 6.07) is 13.4. The molecule has 0 spiro atoms. The quantitative estimate of drug-likeness (QED) is 0.773. The number of nitrogens with zero attached hydrogens (tertiary/aromatic N) is 1. The first kappa shape index (κ1) is 20.4. The second kappa shape index (κ2) is 9.71. The predicted molar refractivity (Wildman–Crippen MR) is 103 cm³/mol. The van der Waals surface area contributed by atoms with Gasteiger partial charge in [-0.05, 0) is 49.7 Å². The van der Waals surface area contributed by atoms with Crippen molar-refractivity contribution in [2.75, 3.05) is 18.0 Å². The van der Waals surface area contributed by atoms with Gasteiger partial charge in [0, 0.05) is 25.7 Å². The zero-order valence-corrected chi connectivity index (χ0v) is 15.9. The van der Waals surface area contributed by atoms with E-state index in [0.717, 1.165) is 11.4 Å². The van der Waals surface area contributed by atoms with Gasteiger partial charge in [-0.1, -0.05) is 18.2 Å². The fraction of sp³-hybridized carbons (Fsp3) is 0.333. The Morgan fingerprint density at radius 3 is 2.37 bits per heavy atom. The smallest absolute Gasteiger partial charge is 0.224 e. The molecule has 0 aliphatic heterocycles. The van der Waals surface area contributed by atoms with E-state index < -0.39 is 5.82 Å². The molecule has 2 aromatic rings. The van der Waals surface area contributed by atoms with Gasteiger partial charge in [-0.2, -0.15) is 0 Å². The molecule has 1 N–H and O–H groups in total. The molecule has 0 heterocycles. The van der Waals surface area contributed by atoms with Crippen LogP contribution in [0.25, 0.3) is 0 Å². The molecule has 0 bridgehead atoms. The SMILES string of the molecule is CC(=O)N(CCNC(=O)Cc1ccccc1F)c1ccc(OC(C)C)cc1. The maximum atomic E-state index is 13.6. The zero-order chi connectivity index (χ0) is 19.8. The largest absolute Gasteiger partial charge is 0.491 e. The molecule has 0 saturated carbocycles. The first-order valence-electron chi connectivity index (χ1n) is 8.91. The number of nitrogens with one attached hydrogen (secondary N) is 1. The van der Waals surface area contributed by atoms with E-state index in [1.54, 1.807) is 35.2 Å². The van der Waals surface area contributed by atoms with Gasteiger partial charge < -0.3 is 15.0 Å². The minimum Gasteiger partial charge on any atom is -0.491 e. The highest BCUT2D eigenvalue weighted by molar-refractivity contribution is 5.91. The predicted octanol–water partition coefficient (Wildman–Crippen LogP) is 3.32. The maximum absolute atomic E-state index is 13.6. The van der Waals surface area contributed by atoms with Crippen molar-refractivity contribution >= 4 is 17.5 Å². The van der Waals surface area contributed by atoms with Crippen molar-refractivity contribution in [3.05, 3.63) is 59.9 Å². The van der Waals surface area contributed by atoms with Gasteiger partial charge in [0.1, 0.15) is 11.6 Å². The molecule has 0 fully saturated rings. The van der Waals surface area contributed by atoms with Crippen LogP contribution in [0.4, 0.5) is 10.1 Å². The Morgan fingerprint density at radius 1 is 1.11 bits per heavy atom. The molecule has 2 amide bonds. The number of hydrogen-bond acceptors (Lipinski definition) is 3. The number of anilines is 1. The Kier molecular flexibility index (Phi) is 7.34. The van der Waals surface area contributed by atoms with E-state index in [-0.39, 0.29) is 30.9 Å². The van der Waals surface area contributed by atoms with Gasteiger partial charge in [0.15, 0.2) is 0 Å². The molecule has 144 valence electrons. The number of amides is 2. The van der Waals surface area contributed by atoms with E-state index in [4.69, 9.17) is 4.74 Å². The first-order chi connectivity index (χ1) is 12.9. The van der Waals surface area contributed by atoms with Crippen molar-refractivity contribution in [2.24, 2.45) is 0 Å². The molecule has 0 aromatic heterocycles. The van der Waals surface area contributed by atoms with Crippen LogP contribution < -0.4 is 15.0 Å². The van der Waals surface area contributed by atoms with Gasteiger partial charge in [0.2, 0.25) is 11.8 Å². The van der Waals surface area contributed by atoms with E-state index in [1.807, 2.05) is 26.0 Å². The molecule has 0 unspecified atom stereocenters. The number of benzene rings is 2. The molecule has 0 saturated heterocycles. The summed E-state index contributed by atoms with van der Waals surface area (Å²) in [5, 5.41) is 2.73. The second-order valence-electron chi connectivity index (χ2n) is 6.45. The van der Waals surface area contributed by atoms with Crippen molar-refractivity contribution in [1.29, 1.82) is 0 Å². The van der Waals surface area contributed by atoms with Crippen molar-refractivity contribution < 1.29 is 18.7 Å². The molecular weight excluding hydrogens is 347 g/mol. The summed E-state index contributed by atoms with van der Waals surface area (Å²) < 4.78 is 19.2. The lowest BCUT2D eigenvalue weighted by Gasteiger charge is -2.22. The summed E-state index contributed by atoms with van der Waals surface area (Å²) in [6.07, 6.45) is 0.0398. The fourth-order valence-corrected chi connectivity index (χ4v) is 2.63. The van der Waals surface area contributed by atoms with Crippen molar-refractivity contribution in [1.82, 2.24) is 5.32 Å². The lowest BCUT2D eigenvalue weighted by atomic mass is 10.1. The Labute approximate surface area is 159 Å². The van der Waals surface area contributed by atoms with Crippen molar-refractivity contribution in [3.8, 4) is 5.75 Å². The molecule has 27 heavy (non-hydrogen) atoms. The van der Waals surface area contributed by atoms with Crippen LogP contribution in [0.5, 0.6) is 5.75 Å². The molecular formula is C21H25FN2O3. The van der Waals surface area contributed by atoms with E-state index in [0.29, 0.717) is 12.1 Å². The minimum atomic E-state index is -0.401. The number of carbonyl (C=O) groups excluding carboxylic acids is 2. The van der Waals surface area contributed by atoms with Crippen LogP contribution >= 0.6 is 0 Å². The van der Waals surface area contributed by atoms with E-state index in [2.05, 4.69) is 5.32 Å². The Hall–Kier alpha value is -2.89. The first-order valence-corrected chi connectivity index (χ1v) is 8.91. The van der Waals surface area contributed by atoms with Gasteiger partial charge >= 0.3 is 0 Å². The molecule has 0 aliphatic carbocycles. The van der Waals surface area contributed by atoms with Crippen LogP contribution in [-0.2, 0) is 16.0 Å². The zero-order valence-electron chi connectivity index (χ0n) is 15.9.